The molecule has 0 unspecified atom stereocenters. The maximum absolute atomic E-state index is 12.3. The summed E-state index contributed by atoms with van der Waals surface area (Å²) in [6.07, 6.45) is 3.21. The summed E-state index contributed by atoms with van der Waals surface area (Å²) in [5.41, 5.74) is 0.900. The van der Waals surface area contributed by atoms with Crippen molar-refractivity contribution in [3.63, 3.8) is 0 Å². The van der Waals surface area contributed by atoms with E-state index < -0.39 is 11.9 Å². The zero-order valence-corrected chi connectivity index (χ0v) is 17.0. The Morgan fingerprint density at radius 1 is 1.04 bits per heavy atom. The molecule has 0 saturated heterocycles. The molecule has 4 nitrogen and oxygen atoms in total. The molecule has 0 radical (unpaired) electrons. The SMILES string of the molecule is CC(C)[C@H]1CC[C@@H](C)C[C@H]1OC(=O)COC(=O)Cc1cccc2ccccc12. The molecule has 2 aromatic carbocycles. The van der Waals surface area contributed by atoms with Crippen molar-refractivity contribution < 1.29 is 19.1 Å². The van der Waals surface area contributed by atoms with Crippen LogP contribution in [0.4, 0.5) is 0 Å². The van der Waals surface area contributed by atoms with Gasteiger partial charge >= 0.3 is 11.9 Å². The molecule has 1 saturated carbocycles. The van der Waals surface area contributed by atoms with E-state index in [1.165, 1.54) is 6.42 Å². The Kier molecular flexibility index (Phi) is 6.71. The lowest BCUT2D eigenvalue weighted by Gasteiger charge is -2.36. The Morgan fingerprint density at radius 3 is 2.57 bits per heavy atom. The first-order chi connectivity index (χ1) is 13.4. The third kappa shape index (κ3) is 5.12. The van der Waals surface area contributed by atoms with Crippen LogP contribution < -0.4 is 0 Å². The maximum Gasteiger partial charge on any atom is 0.344 e. The van der Waals surface area contributed by atoms with Crippen LogP contribution in [0.5, 0.6) is 0 Å². The van der Waals surface area contributed by atoms with Gasteiger partial charge in [-0.05, 0) is 46.9 Å². The van der Waals surface area contributed by atoms with Crippen molar-refractivity contribution >= 4 is 22.7 Å². The van der Waals surface area contributed by atoms with Gasteiger partial charge in [0.1, 0.15) is 6.10 Å². The molecule has 0 N–H and O–H groups in total. The van der Waals surface area contributed by atoms with Crippen LogP contribution in [-0.2, 0) is 25.5 Å². The minimum Gasteiger partial charge on any atom is -0.460 e. The molecule has 1 fully saturated rings. The van der Waals surface area contributed by atoms with Crippen molar-refractivity contribution in [2.75, 3.05) is 6.61 Å². The fourth-order valence-corrected chi connectivity index (χ4v) is 4.25. The first kappa shape index (κ1) is 20.4. The Labute approximate surface area is 167 Å². The summed E-state index contributed by atoms with van der Waals surface area (Å²) in [6, 6.07) is 13.8. The fourth-order valence-electron chi connectivity index (χ4n) is 4.25. The Balaban J connectivity index is 1.53. The van der Waals surface area contributed by atoms with E-state index in [4.69, 9.17) is 9.47 Å². The number of ether oxygens (including phenoxy) is 2. The predicted octanol–water partition coefficient (Wildman–Crippen LogP) is 4.93. The zero-order valence-electron chi connectivity index (χ0n) is 17.0. The first-order valence-electron chi connectivity index (χ1n) is 10.3. The standard InChI is InChI=1S/C24H30O4/c1-16(2)20-12-11-17(3)13-22(20)28-24(26)15-27-23(25)14-19-9-6-8-18-7-4-5-10-21(18)19/h4-10,16-17,20,22H,11-15H2,1-3H3/t17-,20-,22-/m1/s1. The third-order valence-electron chi connectivity index (χ3n) is 5.81. The summed E-state index contributed by atoms with van der Waals surface area (Å²) in [6.45, 7) is 6.22. The van der Waals surface area contributed by atoms with Crippen molar-refractivity contribution in [1.82, 2.24) is 0 Å². The van der Waals surface area contributed by atoms with E-state index in [2.05, 4.69) is 20.8 Å². The van der Waals surface area contributed by atoms with E-state index in [0.29, 0.717) is 17.8 Å². The van der Waals surface area contributed by atoms with E-state index >= 15 is 0 Å². The van der Waals surface area contributed by atoms with Crippen LogP contribution in [-0.4, -0.2) is 24.6 Å². The second-order valence-electron chi connectivity index (χ2n) is 8.33. The van der Waals surface area contributed by atoms with E-state index in [1.807, 2.05) is 42.5 Å². The summed E-state index contributed by atoms with van der Waals surface area (Å²) < 4.78 is 10.9. The highest BCUT2D eigenvalue weighted by Crippen LogP contribution is 2.35. The molecule has 0 spiro atoms. The summed E-state index contributed by atoms with van der Waals surface area (Å²) in [5, 5.41) is 2.11. The highest BCUT2D eigenvalue weighted by atomic mass is 16.6. The minimum absolute atomic E-state index is 0.0759. The van der Waals surface area contributed by atoms with E-state index in [1.54, 1.807) is 0 Å². The van der Waals surface area contributed by atoms with Gasteiger partial charge in [-0.25, -0.2) is 4.79 Å². The van der Waals surface area contributed by atoms with Gasteiger partial charge in [0, 0.05) is 0 Å². The van der Waals surface area contributed by atoms with Gasteiger partial charge in [-0.15, -0.1) is 0 Å². The van der Waals surface area contributed by atoms with Gasteiger partial charge in [0.15, 0.2) is 6.61 Å². The number of hydrogen-bond donors (Lipinski definition) is 0. The molecule has 28 heavy (non-hydrogen) atoms. The van der Waals surface area contributed by atoms with Crippen molar-refractivity contribution in [1.29, 1.82) is 0 Å². The summed E-state index contributed by atoms with van der Waals surface area (Å²) >= 11 is 0. The van der Waals surface area contributed by atoms with Crippen LogP contribution in [0.2, 0.25) is 0 Å². The Morgan fingerprint density at radius 2 is 1.79 bits per heavy atom. The Bertz CT molecular complexity index is 821. The van der Waals surface area contributed by atoms with Gasteiger partial charge in [-0.1, -0.05) is 69.7 Å². The predicted molar refractivity (Wildman–Crippen MR) is 110 cm³/mol. The number of carbonyl (C=O) groups is 2. The van der Waals surface area contributed by atoms with Crippen molar-refractivity contribution in [3.8, 4) is 0 Å². The molecule has 0 amide bonds. The first-order valence-corrected chi connectivity index (χ1v) is 10.3. The molecule has 2 aromatic rings. The molecule has 0 heterocycles. The number of carbonyl (C=O) groups excluding carboxylic acids is 2. The number of esters is 2. The van der Waals surface area contributed by atoms with Crippen molar-refractivity contribution in [2.45, 2.75) is 52.6 Å². The van der Waals surface area contributed by atoms with Crippen molar-refractivity contribution in [2.24, 2.45) is 17.8 Å². The molecular formula is C24H30O4. The lowest BCUT2D eigenvalue weighted by atomic mass is 9.75. The molecule has 1 aliphatic rings. The Hall–Kier alpha value is -2.36. The van der Waals surface area contributed by atoms with Gasteiger partial charge < -0.3 is 9.47 Å². The topological polar surface area (TPSA) is 52.6 Å². The number of fused-ring (bicyclic) bond motifs is 1. The molecular weight excluding hydrogens is 352 g/mol. The molecule has 1 aliphatic carbocycles. The van der Waals surface area contributed by atoms with Gasteiger partial charge in [0.2, 0.25) is 0 Å². The lowest BCUT2D eigenvalue weighted by molar-refractivity contribution is -0.166. The van der Waals surface area contributed by atoms with Crippen LogP contribution in [0.1, 0.15) is 45.6 Å². The monoisotopic (exact) mass is 382 g/mol. The normalized spacial score (nSPS) is 22.2. The van der Waals surface area contributed by atoms with Gasteiger partial charge in [0.25, 0.3) is 0 Å². The average molecular weight is 383 g/mol. The van der Waals surface area contributed by atoms with Crippen LogP contribution in [0.25, 0.3) is 10.8 Å². The molecule has 0 aliphatic heterocycles. The third-order valence-corrected chi connectivity index (χ3v) is 5.81. The highest BCUT2D eigenvalue weighted by molar-refractivity contribution is 5.89. The van der Waals surface area contributed by atoms with Crippen molar-refractivity contribution in [3.05, 3.63) is 48.0 Å². The minimum atomic E-state index is -0.448. The largest absolute Gasteiger partial charge is 0.460 e. The molecule has 0 aromatic heterocycles. The molecule has 150 valence electrons. The summed E-state index contributed by atoms with van der Waals surface area (Å²) in [4.78, 5) is 24.5. The van der Waals surface area contributed by atoms with Gasteiger partial charge in [-0.2, -0.15) is 0 Å². The van der Waals surface area contributed by atoms with E-state index in [-0.39, 0.29) is 19.1 Å². The van der Waals surface area contributed by atoms with E-state index in [0.717, 1.165) is 29.2 Å². The highest BCUT2D eigenvalue weighted by Gasteiger charge is 2.33. The molecule has 4 heteroatoms. The molecule has 3 rings (SSSR count). The summed E-state index contributed by atoms with van der Waals surface area (Å²) in [5.74, 6) is 0.550. The van der Waals surface area contributed by atoms with Gasteiger partial charge in [-0.3, -0.25) is 4.79 Å². The number of benzene rings is 2. The second kappa shape index (κ2) is 9.22. The number of hydrogen-bond acceptors (Lipinski definition) is 4. The fraction of sp³-hybridized carbons (Fsp3) is 0.500. The van der Waals surface area contributed by atoms with Crippen LogP contribution in [0.15, 0.2) is 42.5 Å². The average Bonchev–Trinajstić information content (AvgIpc) is 2.66. The smallest absolute Gasteiger partial charge is 0.344 e. The molecule has 0 bridgehead atoms. The lowest BCUT2D eigenvalue weighted by Crippen LogP contribution is -2.36. The quantitative estimate of drug-likeness (QED) is 0.665. The summed E-state index contributed by atoms with van der Waals surface area (Å²) in [7, 11) is 0. The van der Waals surface area contributed by atoms with Crippen LogP contribution >= 0.6 is 0 Å². The number of rotatable bonds is 6. The second-order valence-corrected chi connectivity index (χ2v) is 8.33. The van der Waals surface area contributed by atoms with Crippen LogP contribution in [0.3, 0.4) is 0 Å². The zero-order chi connectivity index (χ0) is 20.1. The van der Waals surface area contributed by atoms with Crippen LogP contribution in [0, 0.1) is 17.8 Å². The van der Waals surface area contributed by atoms with Gasteiger partial charge in [0.05, 0.1) is 6.42 Å². The van der Waals surface area contributed by atoms with E-state index in [9.17, 15) is 9.59 Å². The molecule has 3 atom stereocenters. The maximum atomic E-state index is 12.3.